The summed E-state index contributed by atoms with van der Waals surface area (Å²) in [6, 6.07) is 14.9. The molecule has 2 rings (SSSR count). The SMILES string of the molecule is CC(C)CNC(=O)c1cc(NC(=O)/C=C/c2ccccc2)ccc1N(C)C. The molecule has 0 aromatic heterocycles. The number of nitrogens with one attached hydrogen (secondary N) is 2. The fraction of sp³-hybridized carbons (Fsp3) is 0.273. The van der Waals surface area contributed by atoms with Crippen LogP contribution in [-0.4, -0.2) is 32.5 Å². The van der Waals surface area contributed by atoms with Crippen molar-refractivity contribution >= 4 is 29.3 Å². The highest BCUT2D eigenvalue weighted by Gasteiger charge is 2.14. The summed E-state index contributed by atoms with van der Waals surface area (Å²) in [4.78, 5) is 26.6. The third kappa shape index (κ3) is 6.29. The minimum Gasteiger partial charge on any atom is -0.377 e. The number of benzene rings is 2. The van der Waals surface area contributed by atoms with Crippen molar-refractivity contribution < 1.29 is 9.59 Å². The van der Waals surface area contributed by atoms with Crippen molar-refractivity contribution in [3.63, 3.8) is 0 Å². The van der Waals surface area contributed by atoms with Crippen molar-refractivity contribution in [3.05, 3.63) is 65.7 Å². The van der Waals surface area contributed by atoms with E-state index in [0.717, 1.165) is 11.3 Å². The largest absolute Gasteiger partial charge is 0.377 e. The van der Waals surface area contributed by atoms with E-state index < -0.39 is 0 Å². The van der Waals surface area contributed by atoms with Gasteiger partial charge in [-0.15, -0.1) is 0 Å². The number of hydrogen-bond donors (Lipinski definition) is 2. The van der Waals surface area contributed by atoms with Crippen LogP contribution >= 0.6 is 0 Å². The standard InChI is InChI=1S/C22H27N3O2/c1-16(2)15-23-22(27)19-14-18(11-12-20(19)25(3)4)24-21(26)13-10-17-8-6-5-7-9-17/h5-14,16H,15H2,1-4H3,(H,23,27)(H,24,26)/b13-10+. The molecule has 0 saturated carbocycles. The van der Waals surface area contributed by atoms with Gasteiger partial charge in [0.2, 0.25) is 5.91 Å². The van der Waals surface area contributed by atoms with Crippen molar-refractivity contribution in [1.82, 2.24) is 5.32 Å². The van der Waals surface area contributed by atoms with Crippen LogP contribution in [0.4, 0.5) is 11.4 Å². The zero-order chi connectivity index (χ0) is 19.8. The molecule has 0 heterocycles. The third-order valence-electron chi connectivity index (χ3n) is 3.89. The van der Waals surface area contributed by atoms with E-state index >= 15 is 0 Å². The van der Waals surface area contributed by atoms with Crippen LogP contribution < -0.4 is 15.5 Å². The van der Waals surface area contributed by atoms with Gasteiger partial charge in [0.25, 0.3) is 5.91 Å². The van der Waals surface area contributed by atoms with Crippen LogP contribution in [-0.2, 0) is 4.79 Å². The molecule has 0 atom stereocenters. The minimum atomic E-state index is -0.245. The summed E-state index contributed by atoms with van der Waals surface area (Å²) < 4.78 is 0. The lowest BCUT2D eigenvalue weighted by Gasteiger charge is -2.19. The predicted molar refractivity (Wildman–Crippen MR) is 112 cm³/mol. The molecule has 2 amide bonds. The van der Waals surface area contributed by atoms with Crippen LogP contribution in [0.3, 0.4) is 0 Å². The smallest absolute Gasteiger partial charge is 0.253 e. The second-order valence-corrected chi connectivity index (χ2v) is 6.96. The van der Waals surface area contributed by atoms with E-state index in [9.17, 15) is 9.59 Å². The Morgan fingerprint density at radius 2 is 1.78 bits per heavy atom. The van der Waals surface area contributed by atoms with Crippen LogP contribution in [0.2, 0.25) is 0 Å². The normalized spacial score (nSPS) is 10.9. The minimum absolute atomic E-state index is 0.150. The lowest BCUT2D eigenvalue weighted by molar-refractivity contribution is -0.111. The Hall–Kier alpha value is -3.08. The predicted octanol–water partition coefficient (Wildman–Crippen LogP) is 3.79. The van der Waals surface area contributed by atoms with Gasteiger partial charge in [0.15, 0.2) is 0 Å². The van der Waals surface area contributed by atoms with E-state index in [1.807, 2.05) is 69.2 Å². The number of hydrogen-bond acceptors (Lipinski definition) is 3. The van der Waals surface area contributed by atoms with E-state index in [1.165, 1.54) is 6.08 Å². The van der Waals surface area contributed by atoms with Crippen molar-refractivity contribution in [2.24, 2.45) is 5.92 Å². The molecule has 2 aromatic carbocycles. The van der Waals surface area contributed by atoms with Gasteiger partial charge in [-0.25, -0.2) is 0 Å². The lowest BCUT2D eigenvalue weighted by atomic mass is 10.1. The van der Waals surface area contributed by atoms with Gasteiger partial charge in [0.1, 0.15) is 0 Å². The van der Waals surface area contributed by atoms with Crippen LogP contribution in [0, 0.1) is 5.92 Å². The Balaban J connectivity index is 2.15. The number of nitrogens with zero attached hydrogens (tertiary/aromatic N) is 1. The molecule has 5 heteroatoms. The van der Waals surface area contributed by atoms with Crippen LogP contribution in [0.1, 0.15) is 29.8 Å². The van der Waals surface area contributed by atoms with Crippen molar-refractivity contribution in [3.8, 4) is 0 Å². The van der Waals surface area contributed by atoms with E-state index in [1.54, 1.807) is 18.2 Å². The molecule has 0 spiro atoms. The van der Waals surface area contributed by atoms with Gasteiger partial charge >= 0.3 is 0 Å². The highest BCUT2D eigenvalue weighted by atomic mass is 16.2. The summed E-state index contributed by atoms with van der Waals surface area (Å²) in [5.74, 6) is -0.0314. The van der Waals surface area contributed by atoms with Crippen LogP contribution in [0.15, 0.2) is 54.6 Å². The second-order valence-electron chi connectivity index (χ2n) is 6.96. The Bertz CT molecular complexity index is 812. The average molecular weight is 365 g/mol. The Morgan fingerprint density at radius 1 is 1.07 bits per heavy atom. The highest BCUT2D eigenvalue weighted by Crippen LogP contribution is 2.23. The average Bonchev–Trinajstić information content (AvgIpc) is 2.65. The molecule has 2 N–H and O–H groups in total. The summed E-state index contributed by atoms with van der Waals surface area (Å²) in [6.45, 7) is 4.69. The molecule has 0 fully saturated rings. The monoisotopic (exact) mass is 365 g/mol. The highest BCUT2D eigenvalue weighted by molar-refractivity contribution is 6.05. The number of rotatable bonds is 7. The summed E-state index contributed by atoms with van der Waals surface area (Å²) >= 11 is 0. The van der Waals surface area contributed by atoms with Gasteiger partial charge in [0.05, 0.1) is 5.56 Å². The maximum Gasteiger partial charge on any atom is 0.253 e. The molecule has 5 nitrogen and oxygen atoms in total. The fourth-order valence-corrected chi connectivity index (χ4v) is 2.50. The Kier molecular flexibility index (Phi) is 7.17. The molecule has 0 unspecified atom stereocenters. The van der Waals surface area contributed by atoms with Gasteiger partial charge in [0, 0.05) is 38.1 Å². The first-order valence-electron chi connectivity index (χ1n) is 9.00. The molecule has 27 heavy (non-hydrogen) atoms. The molecule has 2 aromatic rings. The van der Waals surface area contributed by atoms with Gasteiger partial charge in [-0.2, -0.15) is 0 Å². The van der Waals surface area contributed by atoms with Crippen molar-refractivity contribution in [2.45, 2.75) is 13.8 Å². The second kappa shape index (κ2) is 9.57. The Labute approximate surface area is 161 Å². The molecule has 0 aliphatic carbocycles. The van der Waals surface area contributed by atoms with Gasteiger partial charge in [-0.3, -0.25) is 9.59 Å². The van der Waals surface area contributed by atoms with Gasteiger partial charge in [-0.1, -0.05) is 44.2 Å². The molecule has 0 aliphatic heterocycles. The van der Waals surface area contributed by atoms with E-state index in [2.05, 4.69) is 10.6 Å². The summed E-state index contributed by atoms with van der Waals surface area (Å²) in [5, 5.41) is 5.74. The summed E-state index contributed by atoms with van der Waals surface area (Å²) in [5.41, 5.74) is 2.86. The number of amides is 2. The number of carbonyl (C=O) groups excluding carboxylic acids is 2. The number of anilines is 2. The first-order valence-corrected chi connectivity index (χ1v) is 9.00. The lowest BCUT2D eigenvalue weighted by Crippen LogP contribution is -2.29. The van der Waals surface area contributed by atoms with Gasteiger partial charge < -0.3 is 15.5 Å². The fourth-order valence-electron chi connectivity index (χ4n) is 2.50. The molecule has 0 saturated heterocycles. The zero-order valence-corrected chi connectivity index (χ0v) is 16.3. The Morgan fingerprint density at radius 3 is 2.41 bits per heavy atom. The quantitative estimate of drug-likeness (QED) is 0.734. The molecule has 0 aliphatic rings. The van der Waals surface area contributed by atoms with Crippen LogP contribution in [0.25, 0.3) is 6.08 Å². The maximum absolute atomic E-state index is 12.6. The molecule has 142 valence electrons. The summed E-state index contributed by atoms with van der Waals surface area (Å²) in [6.07, 6.45) is 3.23. The molecular formula is C22H27N3O2. The van der Waals surface area contributed by atoms with E-state index in [4.69, 9.17) is 0 Å². The zero-order valence-electron chi connectivity index (χ0n) is 16.3. The molecular weight excluding hydrogens is 338 g/mol. The topological polar surface area (TPSA) is 61.4 Å². The van der Waals surface area contributed by atoms with Crippen molar-refractivity contribution in [2.75, 3.05) is 30.9 Å². The van der Waals surface area contributed by atoms with Gasteiger partial charge in [-0.05, 0) is 35.8 Å². The first-order chi connectivity index (χ1) is 12.9. The molecule has 0 bridgehead atoms. The van der Waals surface area contributed by atoms with E-state index in [-0.39, 0.29) is 11.8 Å². The maximum atomic E-state index is 12.6. The van der Waals surface area contributed by atoms with Crippen LogP contribution in [0.5, 0.6) is 0 Å². The summed E-state index contributed by atoms with van der Waals surface area (Å²) in [7, 11) is 3.77. The molecule has 0 radical (unpaired) electrons. The van der Waals surface area contributed by atoms with Crippen molar-refractivity contribution in [1.29, 1.82) is 0 Å². The van der Waals surface area contributed by atoms with E-state index in [0.29, 0.717) is 23.7 Å². The first kappa shape index (κ1) is 20.2. The third-order valence-corrected chi connectivity index (χ3v) is 3.89. The number of carbonyl (C=O) groups is 2.